The highest BCUT2D eigenvalue weighted by atomic mass is 32.2. The average molecular weight is 270 g/mol. The summed E-state index contributed by atoms with van der Waals surface area (Å²) in [5, 5.41) is 0. The summed E-state index contributed by atoms with van der Waals surface area (Å²) < 4.78 is 30.2. The van der Waals surface area contributed by atoms with Crippen LogP contribution in [0.4, 0.5) is 0 Å². The number of benzene rings is 1. The third kappa shape index (κ3) is 2.66. The predicted octanol–water partition coefficient (Wildman–Crippen LogP) is 0.689. The molecule has 1 aromatic carbocycles. The standard InChI is InChI=1S/C12H18N2O3S/c1-17-12-7-10(3-4-11(12)8-13)9-14-5-2-6-18(14,15)16/h3-4,7H,2,5-6,8-9,13H2,1H3. The third-order valence-corrected chi connectivity index (χ3v) is 5.04. The van der Waals surface area contributed by atoms with Gasteiger partial charge in [0, 0.05) is 25.2 Å². The average Bonchev–Trinajstić information content (AvgIpc) is 2.68. The van der Waals surface area contributed by atoms with Crippen LogP contribution in [0.1, 0.15) is 17.5 Å². The van der Waals surface area contributed by atoms with Crippen molar-refractivity contribution in [1.29, 1.82) is 0 Å². The van der Waals surface area contributed by atoms with Crippen LogP contribution < -0.4 is 10.5 Å². The smallest absolute Gasteiger partial charge is 0.214 e. The second-order valence-electron chi connectivity index (χ2n) is 4.35. The molecule has 1 saturated heterocycles. The molecule has 1 aliphatic rings. The maximum absolute atomic E-state index is 11.7. The number of hydrogen-bond donors (Lipinski definition) is 1. The molecule has 1 aliphatic heterocycles. The zero-order valence-electron chi connectivity index (χ0n) is 10.4. The van der Waals surface area contributed by atoms with Gasteiger partial charge in [-0.05, 0) is 18.1 Å². The first-order valence-corrected chi connectivity index (χ1v) is 7.51. The Bertz CT molecular complexity index is 528. The molecule has 0 bridgehead atoms. The Morgan fingerprint density at radius 3 is 2.78 bits per heavy atom. The number of sulfonamides is 1. The molecule has 0 aliphatic carbocycles. The Labute approximate surface area is 108 Å². The Balaban J connectivity index is 2.20. The van der Waals surface area contributed by atoms with Crippen LogP contribution in [0.3, 0.4) is 0 Å². The van der Waals surface area contributed by atoms with E-state index in [2.05, 4.69) is 0 Å². The largest absolute Gasteiger partial charge is 0.496 e. The van der Waals surface area contributed by atoms with E-state index in [-0.39, 0.29) is 5.75 Å². The van der Waals surface area contributed by atoms with Gasteiger partial charge in [-0.25, -0.2) is 8.42 Å². The molecule has 0 atom stereocenters. The Morgan fingerprint density at radius 2 is 2.22 bits per heavy atom. The summed E-state index contributed by atoms with van der Waals surface area (Å²) in [6.45, 7) is 1.41. The van der Waals surface area contributed by atoms with Crippen LogP contribution in [0.25, 0.3) is 0 Å². The molecular formula is C12H18N2O3S. The number of nitrogens with zero attached hydrogens (tertiary/aromatic N) is 1. The monoisotopic (exact) mass is 270 g/mol. The minimum absolute atomic E-state index is 0.255. The van der Waals surface area contributed by atoms with Crippen molar-refractivity contribution < 1.29 is 13.2 Å². The molecule has 0 amide bonds. The lowest BCUT2D eigenvalue weighted by atomic mass is 10.1. The molecule has 0 spiro atoms. The molecule has 2 N–H and O–H groups in total. The summed E-state index contributed by atoms with van der Waals surface area (Å²) in [5.41, 5.74) is 7.44. The zero-order valence-corrected chi connectivity index (χ0v) is 11.2. The highest BCUT2D eigenvalue weighted by Crippen LogP contribution is 2.23. The number of hydrogen-bond acceptors (Lipinski definition) is 4. The van der Waals surface area contributed by atoms with Crippen LogP contribution in [0.5, 0.6) is 5.75 Å². The second-order valence-corrected chi connectivity index (χ2v) is 6.44. The lowest BCUT2D eigenvalue weighted by Crippen LogP contribution is -2.25. The van der Waals surface area contributed by atoms with E-state index < -0.39 is 10.0 Å². The summed E-state index contributed by atoms with van der Waals surface area (Å²) in [6, 6.07) is 5.64. The maximum atomic E-state index is 11.7. The van der Waals surface area contributed by atoms with E-state index in [4.69, 9.17) is 10.5 Å². The molecule has 0 radical (unpaired) electrons. The molecule has 5 nitrogen and oxygen atoms in total. The van der Waals surface area contributed by atoms with Crippen molar-refractivity contribution in [2.24, 2.45) is 5.73 Å². The number of nitrogens with two attached hydrogens (primary N) is 1. The number of methoxy groups -OCH3 is 1. The highest BCUT2D eigenvalue weighted by molar-refractivity contribution is 7.89. The van der Waals surface area contributed by atoms with Gasteiger partial charge in [0.05, 0.1) is 12.9 Å². The van der Waals surface area contributed by atoms with Gasteiger partial charge in [0.15, 0.2) is 0 Å². The van der Waals surface area contributed by atoms with Crippen molar-refractivity contribution in [2.45, 2.75) is 19.5 Å². The first kappa shape index (κ1) is 13.3. The van der Waals surface area contributed by atoms with E-state index in [0.717, 1.165) is 11.1 Å². The molecule has 0 aromatic heterocycles. The van der Waals surface area contributed by atoms with E-state index in [1.165, 1.54) is 4.31 Å². The topological polar surface area (TPSA) is 72.6 Å². The van der Waals surface area contributed by atoms with Crippen molar-refractivity contribution in [3.63, 3.8) is 0 Å². The van der Waals surface area contributed by atoms with Gasteiger partial charge in [0.1, 0.15) is 5.75 Å². The van der Waals surface area contributed by atoms with Crippen LogP contribution in [-0.2, 0) is 23.1 Å². The number of rotatable bonds is 4. The SMILES string of the molecule is COc1cc(CN2CCCS2(=O)=O)ccc1CN. The summed E-state index contributed by atoms with van der Waals surface area (Å²) >= 11 is 0. The van der Waals surface area contributed by atoms with Crippen molar-refractivity contribution in [3.8, 4) is 5.75 Å². The molecule has 2 rings (SSSR count). The van der Waals surface area contributed by atoms with Gasteiger partial charge in [-0.2, -0.15) is 4.31 Å². The van der Waals surface area contributed by atoms with Crippen molar-refractivity contribution in [2.75, 3.05) is 19.4 Å². The summed E-state index contributed by atoms with van der Waals surface area (Å²) in [6.07, 6.45) is 0.709. The Hall–Kier alpha value is -1.11. The van der Waals surface area contributed by atoms with Gasteiger partial charge in [-0.3, -0.25) is 0 Å². The fraction of sp³-hybridized carbons (Fsp3) is 0.500. The van der Waals surface area contributed by atoms with Crippen LogP contribution in [0, 0.1) is 0 Å². The zero-order chi connectivity index (χ0) is 13.2. The summed E-state index contributed by atoms with van der Waals surface area (Å²) in [4.78, 5) is 0. The Kier molecular flexibility index (Phi) is 3.89. The van der Waals surface area contributed by atoms with Crippen LogP contribution in [-0.4, -0.2) is 32.1 Å². The fourth-order valence-electron chi connectivity index (χ4n) is 2.13. The summed E-state index contributed by atoms with van der Waals surface area (Å²) in [5.74, 6) is 0.969. The minimum Gasteiger partial charge on any atom is -0.496 e. The van der Waals surface area contributed by atoms with E-state index in [1.807, 2.05) is 18.2 Å². The van der Waals surface area contributed by atoms with Crippen molar-refractivity contribution in [1.82, 2.24) is 4.31 Å². The molecule has 6 heteroatoms. The van der Waals surface area contributed by atoms with Gasteiger partial charge >= 0.3 is 0 Å². The third-order valence-electron chi connectivity index (χ3n) is 3.13. The molecule has 1 aromatic rings. The minimum atomic E-state index is -3.05. The fourth-order valence-corrected chi connectivity index (χ4v) is 3.63. The van der Waals surface area contributed by atoms with Crippen molar-refractivity contribution in [3.05, 3.63) is 29.3 Å². The highest BCUT2D eigenvalue weighted by Gasteiger charge is 2.28. The van der Waals surface area contributed by atoms with E-state index >= 15 is 0 Å². The van der Waals surface area contributed by atoms with Gasteiger partial charge in [0.25, 0.3) is 0 Å². The molecule has 100 valence electrons. The predicted molar refractivity (Wildman–Crippen MR) is 69.7 cm³/mol. The van der Waals surface area contributed by atoms with Crippen LogP contribution in [0.15, 0.2) is 18.2 Å². The molecule has 1 fully saturated rings. The second kappa shape index (κ2) is 5.26. The van der Waals surface area contributed by atoms with Gasteiger partial charge in [0.2, 0.25) is 10.0 Å². The Morgan fingerprint density at radius 1 is 1.44 bits per heavy atom. The number of ether oxygens (including phenoxy) is 1. The quantitative estimate of drug-likeness (QED) is 0.873. The van der Waals surface area contributed by atoms with E-state index in [9.17, 15) is 8.42 Å². The lowest BCUT2D eigenvalue weighted by molar-refractivity contribution is 0.406. The van der Waals surface area contributed by atoms with E-state index in [0.29, 0.717) is 31.8 Å². The van der Waals surface area contributed by atoms with Gasteiger partial charge in [-0.15, -0.1) is 0 Å². The van der Waals surface area contributed by atoms with E-state index in [1.54, 1.807) is 7.11 Å². The lowest BCUT2D eigenvalue weighted by Gasteiger charge is -2.15. The molecular weight excluding hydrogens is 252 g/mol. The maximum Gasteiger partial charge on any atom is 0.214 e. The molecule has 18 heavy (non-hydrogen) atoms. The molecule has 0 unspecified atom stereocenters. The first-order valence-electron chi connectivity index (χ1n) is 5.90. The first-order chi connectivity index (χ1) is 8.56. The summed E-state index contributed by atoms with van der Waals surface area (Å²) in [7, 11) is -1.46. The normalized spacial score (nSPS) is 19.0. The van der Waals surface area contributed by atoms with Gasteiger partial charge in [-0.1, -0.05) is 12.1 Å². The molecule has 1 heterocycles. The van der Waals surface area contributed by atoms with Gasteiger partial charge < -0.3 is 10.5 Å². The molecule has 0 saturated carbocycles. The van der Waals surface area contributed by atoms with Crippen LogP contribution in [0.2, 0.25) is 0 Å². The van der Waals surface area contributed by atoms with Crippen LogP contribution >= 0.6 is 0 Å². The van der Waals surface area contributed by atoms with Crippen molar-refractivity contribution >= 4 is 10.0 Å².